The van der Waals surface area contributed by atoms with E-state index < -0.39 is 0 Å². The summed E-state index contributed by atoms with van der Waals surface area (Å²) in [6.45, 7) is 6.84. The molecule has 1 aromatic carbocycles. The Morgan fingerprint density at radius 3 is 2.90 bits per heavy atom. The molecule has 1 heterocycles. The third-order valence-corrected chi connectivity index (χ3v) is 4.62. The van der Waals surface area contributed by atoms with Gasteiger partial charge in [0.25, 0.3) is 0 Å². The zero-order valence-corrected chi connectivity index (χ0v) is 13.6. The molecule has 0 spiro atoms. The molecule has 1 N–H and O–H groups in total. The predicted octanol–water partition coefficient (Wildman–Crippen LogP) is 4.78. The first-order chi connectivity index (χ1) is 9.95. The monoisotopic (exact) mass is 303 g/mol. The third kappa shape index (κ3) is 3.02. The molecule has 1 aliphatic carbocycles. The van der Waals surface area contributed by atoms with Crippen molar-refractivity contribution in [2.45, 2.75) is 45.7 Å². The molecule has 1 aliphatic rings. The van der Waals surface area contributed by atoms with E-state index in [9.17, 15) is 0 Å². The predicted molar refractivity (Wildman–Crippen MR) is 86.7 cm³/mol. The van der Waals surface area contributed by atoms with Crippen molar-refractivity contribution in [1.29, 1.82) is 0 Å². The molecule has 0 radical (unpaired) electrons. The lowest BCUT2D eigenvalue weighted by Gasteiger charge is -2.31. The number of hydrogen-bond donors (Lipinski definition) is 1. The van der Waals surface area contributed by atoms with E-state index in [0.717, 1.165) is 23.6 Å². The molecule has 0 amide bonds. The van der Waals surface area contributed by atoms with Crippen LogP contribution in [0.1, 0.15) is 43.7 Å². The minimum atomic E-state index is 0.199. The van der Waals surface area contributed by atoms with Crippen LogP contribution in [0, 0.1) is 5.41 Å². The van der Waals surface area contributed by atoms with Gasteiger partial charge >= 0.3 is 0 Å². The molecule has 0 fully saturated rings. The van der Waals surface area contributed by atoms with E-state index in [2.05, 4.69) is 38.2 Å². The number of nitrogens with one attached hydrogen (secondary N) is 1. The Morgan fingerprint density at radius 2 is 2.19 bits per heavy atom. The van der Waals surface area contributed by atoms with Gasteiger partial charge in [-0.15, -0.1) is 0 Å². The van der Waals surface area contributed by atoms with Crippen LogP contribution in [0.2, 0.25) is 5.02 Å². The van der Waals surface area contributed by atoms with Gasteiger partial charge in [-0.3, -0.25) is 0 Å². The summed E-state index contributed by atoms with van der Waals surface area (Å²) in [5.41, 5.74) is 2.95. The normalized spacial score (nSPS) is 21.2. The second-order valence-corrected chi connectivity index (χ2v) is 7.23. The van der Waals surface area contributed by atoms with E-state index in [1.807, 2.05) is 18.2 Å². The lowest BCUT2D eigenvalue weighted by atomic mass is 9.85. The summed E-state index contributed by atoms with van der Waals surface area (Å²) in [6, 6.07) is 10.9. The van der Waals surface area contributed by atoms with Crippen LogP contribution < -0.4 is 5.32 Å². The summed E-state index contributed by atoms with van der Waals surface area (Å²) in [5, 5.41) is 4.59. The number of furan rings is 1. The maximum atomic E-state index is 6.19. The highest BCUT2D eigenvalue weighted by Gasteiger charge is 2.39. The lowest BCUT2D eigenvalue weighted by Crippen LogP contribution is -2.38. The van der Waals surface area contributed by atoms with E-state index in [4.69, 9.17) is 16.0 Å². The fourth-order valence-corrected chi connectivity index (χ4v) is 3.58. The quantitative estimate of drug-likeness (QED) is 0.879. The minimum Gasteiger partial charge on any atom is -0.469 e. The molecule has 2 aromatic rings. The van der Waals surface area contributed by atoms with E-state index in [1.54, 1.807) is 6.26 Å². The van der Waals surface area contributed by atoms with Crippen molar-refractivity contribution in [3.05, 3.63) is 58.5 Å². The summed E-state index contributed by atoms with van der Waals surface area (Å²) in [5.74, 6) is 1.03. The molecular weight excluding hydrogens is 282 g/mol. The molecule has 0 bridgehead atoms. The van der Waals surface area contributed by atoms with Crippen molar-refractivity contribution in [1.82, 2.24) is 5.32 Å². The van der Waals surface area contributed by atoms with Crippen LogP contribution in [0.25, 0.3) is 0 Å². The Balaban J connectivity index is 1.79. The van der Waals surface area contributed by atoms with Crippen LogP contribution >= 0.6 is 11.6 Å². The third-order valence-electron chi connectivity index (χ3n) is 4.39. The van der Waals surface area contributed by atoms with Crippen LogP contribution in [-0.2, 0) is 12.8 Å². The van der Waals surface area contributed by atoms with Crippen LogP contribution in [0.4, 0.5) is 0 Å². The SMILES string of the molecule is CC(Cc1ccco1)NC1c2cc(Cl)ccc2CC1(C)C. The molecule has 21 heavy (non-hydrogen) atoms. The largest absolute Gasteiger partial charge is 0.469 e. The summed E-state index contributed by atoms with van der Waals surface area (Å²) in [6.07, 6.45) is 3.72. The fourth-order valence-electron chi connectivity index (χ4n) is 3.40. The first-order valence-electron chi connectivity index (χ1n) is 7.52. The van der Waals surface area contributed by atoms with Gasteiger partial charge in [-0.1, -0.05) is 31.5 Å². The Labute approximate surface area is 131 Å². The average molecular weight is 304 g/mol. The zero-order valence-electron chi connectivity index (χ0n) is 12.8. The molecule has 2 atom stereocenters. The standard InChI is InChI=1S/C18H22ClNO/c1-12(9-15-5-4-8-21-15)20-17-16-10-14(19)7-6-13(16)11-18(17,2)3/h4-8,10,12,17,20H,9,11H2,1-3H3. The molecule has 3 rings (SSSR count). The van der Waals surface area contributed by atoms with Crippen LogP contribution in [-0.4, -0.2) is 6.04 Å². The average Bonchev–Trinajstić information content (AvgIpc) is 2.98. The highest BCUT2D eigenvalue weighted by Crippen LogP contribution is 2.46. The van der Waals surface area contributed by atoms with Gasteiger partial charge in [0.15, 0.2) is 0 Å². The molecule has 0 saturated heterocycles. The van der Waals surface area contributed by atoms with Gasteiger partial charge in [-0.05, 0) is 54.2 Å². The minimum absolute atomic E-state index is 0.199. The highest BCUT2D eigenvalue weighted by atomic mass is 35.5. The first-order valence-corrected chi connectivity index (χ1v) is 7.90. The van der Waals surface area contributed by atoms with E-state index in [0.29, 0.717) is 12.1 Å². The van der Waals surface area contributed by atoms with Gasteiger partial charge in [-0.25, -0.2) is 0 Å². The smallest absolute Gasteiger partial charge is 0.105 e. The summed E-state index contributed by atoms with van der Waals surface area (Å²) in [7, 11) is 0. The van der Waals surface area contributed by atoms with Crippen LogP contribution in [0.15, 0.2) is 41.0 Å². The van der Waals surface area contributed by atoms with Crippen LogP contribution in [0.5, 0.6) is 0 Å². The summed E-state index contributed by atoms with van der Waals surface area (Å²) < 4.78 is 5.45. The van der Waals surface area contributed by atoms with E-state index in [1.165, 1.54) is 11.1 Å². The highest BCUT2D eigenvalue weighted by molar-refractivity contribution is 6.30. The molecule has 0 saturated carbocycles. The van der Waals surface area contributed by atoms with Gasteiger partial charge in [0.05, 0.1) is 6.26 Å². The second-order valence-electron chi connectivity index (χ2n) is 6.79. The molecule has 0 aliphatic heterocycles. The van der Waals surface area contributed by atoms with Gasteiger partial charge in [0.2, 0.25) is 0 Å². The number of hydrogen-bond acceptors (Lipinski definition) is 2. The number of benzene rings is 1. The van der Waals surface area contributed by atoms with E-state index >= 15 is 0 Å². The van der Waals surface area contributed by atoms with Gasteiger partial charge < -0.3 is 9.73 Å². The Hall–Kier alpha value is -1.25. The maximum absolute atomic E-state index is 6.19. The first kappa shape index (κ1) is 14.7. The number of rotatable bonds is 4. The topological polar surface area (TPSA) is 25.2 Å². The molecule has 2 unspecified atom stereocenters. The van der Waals surface area contributed by atoms with Gasteiger partial charge in [0.1, 0.15) is 5.76 Å². The Bertz CT molecular complexity index is 618. The lowest BCUT2D eigenvalue weighted by molar-refractivity contribution is 0.248. The maximum Gasteiger partial charge on any atom is 0.105 e. The summed E-state index contributed by atoms with van der Waals surface area (Å²) in [4.78, 5) is 0. The van der Waals surface area contributed by atoms with Crippen LogP contribution in [0.3, 0.4) is 0 Å². The molecule has 3 heteroatoms. The Morgan fingerprint density at radius 1 is 1.38 bits per heavy atom. The zero-order chi connectivity index (χ0) is 15.0. The molecular formula is C18H22ClNO. The number of fused-ring (bicyclic) bond motifs is 1. The van der Waals surface area contributed by atoms with Crippen molar-refractivity contribution in [3.63, 3.8) is 0 Å². The van der Waals surface area contributed by atoms with Crippen molar-refractivity contribution in [3.8, 4) is 0 Å². The molecule has 1 aromatic heterocycles. The van der Waals surface area contributed by atoms with Crippen molar-refractivity contribution >= 4 is 11.6 Å². The van der Waals surface area contributed by atoms with Gasteiger partial charge in [-0.2, -0.15) is 0 Å². The van der Waals surface area contributed by atoms with Crippen molar-refractivity contribution < 1.29 is 4.42 Å². The van der Waals surface area contributed by atoms with Crippen molar-refractivity contribution in [2.24, 2.45) is 5.41 Å². The summed E-state index contributed by atoms with van der Waals surface area (Å²) >= 11 is 6.19. The molecule has 2 nitrogen and oxygen atoms in total. The molecule has 112 valence electrons. The van der Waals surface area contributed by atoms with Gasteiger partial charge in [0, 0.05) is 23.5 Å². The second kappa shape index (κ2) is 5.51. The van der Waals surface area contributed by atoms with E-state index in [-0.39, 0.29) is 5.41 Å². The van der Waals surface area contributed by atoms with Crippen molar-refractivity contribution in [2.75, 3.05) is 0 Å². The number of halogens is 1. The Kier molecular flexibility index (Phi) is 3.85. The fraction of sp³-hybridized carbons (Fsp3) is 0.444.